The van der Waals surface area contributed by atoms with Crippen LogP contribution in [0.15, 0.2) is 78.9 Å². The first kappa shape index (κ1) is 36.6. The Morgan fingerprint density at radius 3 is 2.45 bits per heavy atom. The van der Waals surface area contributed by atoms with E-state index in [-0.39, 0.29) is 41.9 Å². The number of phenolic OH excluding ortho intramolecular Hbond substituents is 1. The van der Waals surface area contributed by atoms with Gasteiger partial charge in [-0.1, -0.05) is 42.5 Å². The first-order valence-corrected chi connectivity index (χ1v) is 20.7. The average molecular weight is 784 g/mol. The van der Waals surface area contributed by atoms with E-state index in [1.807, 2.05) is 18.2 Å². The minimum Gasteiger partial charge on any atom is -0.508 e. The molecule has 6 aliphatic heterocycles. The summed E-state index contributed by atoms with van der Waals surface area (Å²) < 4.78 is 18.6. The summed E-state index contributed by atoms with van der Waals surface area (Å²) in [7, 11) is 1.75. The van der Waals surface area contributed by atoms with Crippen LogP contribution in [0.2, 0.25) is 0 Å². The third-order valence-electron chi connectivity index (χ3n) is 13.3. The molecule has 4 aromatic carbocycles. The molecular weight excluding hydrogens is 735 g/mol. The number of nitrogens with one attached hydrogen (secondary N) is 1. The van der Waals surface area contributed by atoms with Gasteiger partial charge in [-0.2, -0.15) is 0 Å². The molecule has 0 aliphatic carbocycles. The number of phenols is 1. The van der Waals surface area contributed by atoms with Crippen LogP contribution in [-0.2, 0) is 16.1 Å². The lowest BCUT2D eigenvalue weighted by molar-refractivity contribution is -0.136. The number of carbonyl (C=O) groups is 3. The molecule has 0 unspecified atom stereocenters. The molecule has 300 valence electrons. The minimum absolute atomic E-state index is 0.00496. The molecule has 3 fully saturated rings. The number of hydrogen-bond donors (Lipinski definition) is 2. The first-order valence-electron chi connectivity index (χ1n) is 20.7. The van der Waals surface area contributed by atoms with E-state index in [1.165, 1.54) is 11.3 Å². The van der Waals surface area contributed by atoms with Crippen molar-refractivity contribution in [3.8, 4) is 23.0 Å². The van der Waals surface area contributed by atoms with Crippen molar-refractivity contribution in [2.75, 3.05) is 69.4 Å². The van der Waals surface area contributed by atoms with E-state index >= 15 is 0 Å². The number of fused-ring (bicyclic) bond motifs is 5. The molecule has 58 heavy (non-hydrogen) atoms. The number of nitrogens with zero attached hydrogens (tertiary/aromatic N) is 4. The van der Waals surface area contributed by atoms with Crippen molar-refractivity contribution in [3.63, 3.8) is 0 Å². The second-order valence-corrected chi connectivity index (χ2v) is 16.7. The van der Waals surface area contributed by atoms with Crippen molar-refractivity contribution in [2.24, 2.45) is 5.92 Å². The number of piperazine rings is 1. The fourth-order valence-electron chi connectivity index (χ4n) is 10.3. The standard InChI is InChI=1S/C46H49N5O7/c1-56-40-20-31(7-9-34(40)44-35-10-8-33(52)21-41(35)58-27-37(44)29-5-3-2-4-6-29)49-15-13-28(14-16-49)23-48-17-18-50-32(25-48)26-57-42-22-36-30(19-39(42)50)24-51(46(36)55)38-11-12-43(53)47-45(38)54/h2-10,19-22,28,32,37-38,44,52H,11-18,23-27H2,1H3,(H,47,53,54)/t32-,37+,38-,44+/m1/s1. The molecule has 0 bridgehead atoms. The summed E-state index contributed by atoms with van der Waals surface area (Å²) in [4.78, 5) is 46.8. The van der Waals surface area contributed by atoms with Crippen LogP contribution in [0.5, 0.6) is 23.0 Å². The summed E-state index contributed by atoms with van der Waals surface area (Å²) in [6.07, 6.45) is 2.82. The van der Waals surface area contributed by atoms with Crippen LogP contribution in [0.4, 0.5) is 11.4 Å². The van der Waals surface area contributed by atoms with Crippen molar-refractivity contribution in [3.05, 3.63) is 107 Å². The highest BCUT2D eigenvalue weighted by atomic mass is 16.5. The molecule has 3 saturated heterocycles. The van der Waals surface area contributed by atoms with Crippen LogP contribution in [-0.4, -0.2) is 104 Å². The van der Waals surface area contributed by atoms with Gasteiger partial charge in [-0.05, 0) is 60.6 Å². The number of amides is 3. The maximum Gasteiger partial charge on any atom is 0.255 e. The lowest BCUT2D eigenvalue weighted by Crippen LogP contribution is -2.58. The highest BCUT2D eigenvalue weighted by Gasteiger charge is 2.42. The van der Waals surface area contributed by atoms with Crippen molar-refractivity contribution >= 4 is 29.1 Å². The van der Waals surface area contributed by atoms with E-state index in [9.17, 15) is 19.5 Å². The van der Waals surface area contributed by atoms with E-state index in [0.717, 1.165) is 86.0 Å². The Morgan fingerprint density at radius 2 is 1.64 bits per heavy atom. The Kier molecular flexibility index (Phi) is 9.39. The molecule has 4 atom stereocenters. The van der Waals surface area contributed by atoms with Crippen LogP contribution in [0.25, 0.3) is 0 Å². The zero-order chi connectivity index (χ0) is 39.5. The minimum atomic E-state index is -0.631. The summed E-state index contributed by atoms with van der Waals surface area (Å²) in [5.41, 5.74) is 7.07. The largest absolute Gasteiger partial charge is 0.508 e. The summed E-state index contributed by atoms with van der Waals surface area (Å²) in [6, 6.07) is 26.2. The Bertz CT molecular complexity index is 2260. The summed E-state index contributed by atoms with van der Waals surface area (Å²) in [5, 5.41) is 12.6. The Morgan fingerprint density at radius 1 is 0.828 bits per heavy atom. The maximum atomic E-state index is 13.4. The van der Waals surface area contributed by atoms with Crippen molar-refractivity contribution in [1.29, 1.82) is 0 Å². The highest BCUT2D eigenvalue weighted by Crippen LogP contribution is 2.50. The Balaban J connectivity index is 0.779. The third kappa shape index (κ3) is 6.57. The fraction of sp³-hybridized carbons (Fsp3) is 0.413. The maximum absolute atomic E-state index is 13.4. The van der Waals surface area contributed by atoms with Crippen LogP contribution in [0.3, 0.4) is 0 Å². The lowest BCUT2D eigenvalue weighted by atomic mass is 9.75. The second kappa shape index (κ2) is 14.9. The number of benzene rings is 4. The summed E-state index contributed by atoms with van der Waals surface area (Å²) in [5.74, 6) is 2.36. The predicted octanol–water partition coefficient (Wildman–Crippen LogP) is 5.27. The van der Waals surface area contributed by atoms with Crippen molar-refractivity contribution in [2.45, 2.75) is 56.1 Å². The Hall–Kier alpha value is -5.75. The van der Waals surface area contributed by atoms with Crippen LogP contribution in [0.1, 0.15) is 70.1 Å². The molecule has 4 aromatic rings. The Labute approximate surface area is 338 Å². The number of anilines is 2. The van der Waals surface area contributed by atoms with Crippen LogP contribution >= 0.6 is 0 Å². The third-order valence-corrected chi connectivity index (χ3v) is 13.3. The number of ether oxygens (including phenoxy) is 3. The molecular formula is C46H49N5O7. The van der Waals surface area contributed by atoms with Gasteiger partial charge in [0.25, 0.3) is 5.91 Å². The van der Waals surface area contributed by atoms with Gasteiger partial charge in [0.05, 0.1) is 25.4 Å². The van der Waals surface area contributed by atoms with Gasteiger partial charge >= 0.3 is 0 Å². The fourth-order valence-corrected chi connectivity index (χ4v) is 10.3. The van der Waals surface area contributed by atoms with Gasteiger partial charge in [-0.25, -0.2) is 0 Å². The highest BCUT2D eigenvalue weighted by molar-refractivity contribution is 6.06. The van der Waals surface area contributed by atoms with Crippen molar-refractivity contribution in [1.82, 2.24) is 15.1 Å². The number of carbonyl (C=O) groups excluding carboxylic acids is 3. The average Bonchev–Trinajstić information content (AvgIpc) is 3.56. The SMILES string of the molecule is COc1cc(N2CCC(CN3CCN4c5cc6c(cc5OC[C@H]4C3)C(=O)N([C@@H]3CCC(=O)NC3=O)C6)CC2)ccc1[C@H]1c2ccc(O)cc2OC[C@H]1c1ccccc1. The quantitative estimate of drug-likeness (QED) is 0.240. The topological polar surface area (TPSA) is 124 Å². The zero-order valence-electron chi connectivity index (χ0n) is 32.8. The van der Waals surface area contributed by atoms with Crippen molar-refractivity contribution < 1.29 is 33.7 Å². The zero-order valence-corrected chi connectivity index (χ0v) is 32.8. The van der Waals surface area contributed by atoms with Crippen LogP contribution < -0.4 is 29.3 Å². The number of hydrogen-bond acceptors (Lipinski definition) is 10. The molecule has 6 heterocycles. The van der Waals surface area contributed by atoms with Gasteiger partial charge in [0.15, 0.2) is 0 Å². The summed E-state index contributed by atoms with van der Waals surface area (Å²) in [6.45, 7) is 7.25. The van der Waals surface area contributed by atoms with E-state index in [1.54, 1.807) is 24.1 Å². The molecule has 3 amide bonds. The van der Waals surface area contributed by atoms with Gasteiger partial charge in [0.1, 0.15) is 35.6 Å². The molecule has 2 N–H and O–H groups in total. The number of aromatic hydroxyl groups is 1. The van der Waals surface area contributed by atoms with Gasteiger partial charge in [0.2, 0.25) is 11.8 Å². The normalized spacial score (nSPS) is 24.6. The summed E-state index contributed by atoms with van der Waals surface area (Å²) >= 11 is 0. The smallest absolute Gasteiger partial charge is 0.255 e. The van der Waals surface area contributed by atoms with Gasteiger partial charge in [-0.15, -0.1) is 0 Å². The lowest BCUT2D eigenvalue weighted by Gasteiger charge is -2.47. The van der Waals surface area contributed by atoms with E-state index in [0.29, 0.717) is 43.4 Å². The van der Waals surface area contributed by atoms with Gasteiger partial charge < -0.3 is 34.0 Å². The van der Waals surface area contributed by atoms with Gasteiger partial charge in [0, 0.05) is 98.6 Å². The molecule has 0 aromatic heterocycles. The monoisotopic (exact) mass is 783 g/mol. The number of rotatable bonds is 7. The number of piperidine rings is 2. The van der Waals surface area contributed by atoms with Gasteiger partial charge in [-0.3, -0.25) is 24.6 Å². The molecule has 12 heteroatoms. The van der Waals surface area contributed by atoms with Crippen LogP contribution in [0, 0.1) is 5.92 Å². The number of imide groups is 1. The first-order chi connectivity index (χ1) is 28.3. The number of methoxy groups -OCH3 is 1. The second-order valence-electron chi connectivity index (χ2n) is 16.7. The molecule has 0 spiro atoms. The predicted molar refractivity (Wildman–Crippen MR) is 218 cm³/mol. The van der Waals surface area contributed by atoms with E-state index in [4.69, 9.17) is 14.2 Å². The molecule has 12 nitrogen and oxygen atoms in total. The van der Waals surface area contributed by atoms with E-state index in [2.05, 4.69) is 68.5 Å². The molecule has 0 radical (unpaired) electrons. The van der Waals surface area contributed by atoms with E-state index < -0.39 is 11.9 Å². The molecule has 0 saturated carbocycles. The molecule has 6 aliphatic rings. The molecule has 10 rings (SSSR count).